The third-order valence-electron chi connectivity index (χ3n) is 11.9. The Labute approximate surface area is 300 Å². The number of rotatable bonds is 2. The minimum atomic E-state index is -3.15. The van der Waals surface area contributed by atoms with Gasteiger partial charge in [0.1, 0.15) is 0 Å². The van der Waals surface area contributed by atoms with E-state index in [4.69, 9.17) is 4.98 Å². The monoisotopic (exact) mass is 680 g/mol. The van der Waals surface area contributed by atoms with Crippen LogP contribution in [0.5, 0.6) is 0 Å². The molecule has 0 bridgehead atoms. The maximum atomic E-state index is 15.8. The second-order valence-electron chi connectivity index (χ2n) is 14.2. The van der Waals surface area contributed by atoms with Gasteiger partial charge < -0.3 is 9.13 Å². The van der Waals surface area contributed by atoms with Crippen LogP contribution in [0.25, 0.3) is 61.0 Å². The molecular weight excluding hydrogens is 652 g/mol. The van der Waals surface area contributed by atoms with Crippen molar-refractivity contribution in [2.75, 3.05) is 0 Å². The molecule has 1 spiro atoms. The third kappa shape index (κ3) is 3.29. The SMILES string of the molecule is O=P1(c2ccccc2)c2ccccc2-c2cc3c(cc21)-c1ccc(-c2ccccn2)cc1C31c2ccccc2-n2c3ccccc3c3cccc1c32. The molecule has 0 radical (unpaired) electrons. The van der Waals surface area contributed by atoms with Crippen LogP contribution in [0.1, 0.15) is 22.3 Å². The van der Waals surface area contributed by atoms with E-state index in [0.717, 1.165) is 43.9 Å². The summed E-state index contributed by atoms with van der Waals surface area (Å²) in [5, 5.41) is 5.21. The minimum Gasteiger partial charge on any atom is -0.309 e. The molecule has 2 aliphatic heterocycles. The van der Waals surface area contributed by atoms with E-state index >= 15 is 4.57 Å². The summed E-state index contributed by atoms with van der Waals surface area (Å²) in [6.07, 6.45) is 1.87. The number of benzene rings is 7. The Morgan fingerprint density at radius 1 is 0.500 bits per heavy atom. The van der Waals surface area contributed by atoms with Gasteiger partial charge in [0.05, 0.1) is 27.8 Å². The normalized spacial score (nSPS) is 18.6. The molecule has 1 aliphatic carbocycles. The van der Waals surface area contributed by atoms with Crippen LogP contribution >= 0.6 is 7.14 Å². The van der Waals surface area contributed by atoms with Crippen LogP contribution < -0.4 is 15.9 Å². The first kappa shape index (κ1) is 28.4. The van der Waals surface area contributed by atoms with Gasteiger partial charge in [-0.1, -0.05) is 127 Å². The number of hydrogen-bond acceptors (Lipinski definition) is 2. The molecule has 52 heavy (non-hydrogen) atoms. The largest absolute Gasteiger partial charge is 0.309 e. The fraction of sp³-hybridized carbons (Fsp3) is 0.0208. The van der Waals surface area contributed by atoms with E-state index in [2.05, 4.69) is 132 Å². The lowest BCUT2D eigenvalue weighted by Gasteiger charge is -2.40. The maximum absolute atomic E-state index is 15.8. The third-order valence-corrected chi connectivity index (χ3v) is 15.0. The Hall–Kier alpha value is -6.28. The molecular formula is C48H29N2OP. The first-order valence-electron chi connectivity index (χ1n) is 17.8. The topological polar surface area (TPSA) is 34.9 Å². The molecule has 4 heteroatoms. The van der Waals surface area contributed by atoms with Crippen molar-refractivity contribution < 1.29 is 4.57 Å². The Kier molecular flexibility index (Phi) is 5.43. The molecule has 7 aromatic carbocycles. The lowest BCUT2D eigenvalue weighted by molar-refractivity contribution is 0.593. The average Bonchev–Trinajstić information content (AvgIpc) is 3.80. The Morgan fingerprint density at radius 2 is 1.25 bits per heavy atom. The number of hydrogen-bond donors (Lipinski definition) is 0. The molecule has 9 aromatic rings. The van der Waals surface area contributed by atoms with Crippen LogP contribution in [0.4, 0.5) is 0 Å². The highest BCUT2D eigenvalue weighted by Crippen LogP contribution is 2.63. The van der Waals surface area contributed by atoms with Gasteiger partial charge in [0.2, 0.25) is 0 Å². The predicted octanol–water partition coefficient (Wildman–Crippen LogP) is 10.1. The molecule has 2 unspecified atom stereocenters. The zero-order valence-electron chi connectivity index (χ0n) is 28.0. The van der Waals surface area contributed by atoms with Gasteiger partial charge in [-0.2, -0.15) is 0 Å². The summed E-state index contributed by atoms with van der Waals surface area (Å²) in [4.78, 5) is 4.79. The first-order valence-corrected chi connectivity index (χ1v) is 19.5. The van der Waals surface area contributed by atoms with Crippen molar-refractivity contribution >= 4 is 44.9 Å². The van der Waals surface area contributed by atoms with E-state index in [0.29, 0.717) is 0 Å². The maximum Gasteiger partial charge on any atom is 0.172 e. The van der Waals surface area contributed by atoms with E-state index < -0.39 is 12.6 Å². The molecule has 2 aromatic heterocycles. The zero-order valence-corrected chi connectivity index (χ0v) is 28.9. The standard InChI is InChI=1S/C48H29N2OP/c51-52(31-13-2-1-3-14-31)45-23-9-5-16-34(45)37-28-41-36(29-46(37)52)32-25-24-30(42-20-10-11-26-49-42)27-40(32)48(41)38-18-6-8-22-44(38)50-43-21-7-4-15-33(43)35-17-12-19-39(48)47(35)50/h1-29H. The molecule has 0 saturated carbocycles. The summed E-state index contributed by atoms with van der Waals surface area (Å²) in [5.74, 6) is 0. The molecule has 12 rings (SSSR count). The van der Waals surface area contributed by atoms with Crippen LogP contribution in [-0.4, -0.2) is 9.55 Å². The van der Waals surface area contributed by atoms with Crippen molar-refractivity contribution in [3.63, 3.8) is 0 Å². The van der Waals surface area contributed by atoms with Gasteiger partial charge in [0.25, 0.3) is 0 Å². The van der Waals surface area contributed by atoms with Gasteiger partial charge in [0, 0.05) is 38.4 Å². The zero-order chi connectivity index (χ0) is 34.2. The second kappa shape index (κ2) is 9.94. The highest BCUT2D eigenvalue weighted by atomic mass is 31.2. The smallest absolute Gasteiger partial charge is 0.172 e. The highest BCUT2D eigenvalue weighted by molar-refractivity contribution is 7.86. The van der Waals surface area contributed by atoms with E-state index in [1.165, 1.54) is 55.3 Å². The summed E-state index contributed by atoms with van der Waals surface area (Å²) in [6.45, 7) is 0. The van der Waals surface area contributed by atoms with E-state index in [9.17, 15) is 0 Å². The van der Waals surface area contributed by atoms with Crippen molar-refractivity contribution in [1.82, 2.24) is 9.55 Å². The number of aromatic nitrogens is 2. The van der Waals surface area contributed by atoms with Crippen molar-refractivity contribution in [2.45, 2.75) is 5.41 Å². The van der Waals surface area contributed by atoms with Crippen LogP contribution in [0.2, 0.25) is 0 Å². The average molecular weight is 681 g/mol. The van der Waals surface area contributed by atoms with Crippen molar-refractivity contribution in [3.05, 3.63) is 198 Å². The van der Waals surface area contributed by atoms with E-state index in [1.807, 2.05) is 48.7 Å². The molecule has 3 nitrogen and oxygen atoms in total. The molecule has 0 fully saturated rings. The van der Waals surface area contributed by atoms with Gasteiger partial charge >= 0.3 is 0 Å². The summed E-state index contributed by atoms with van der Waals surface area (Å²) >= 11 is 0. The summed E-state index contributed by atoms with van der Waals surface area (Å²) in [7, 11) is -3.15. The van der Waals surface area contributed by atoms with Crippen molar-refractivity contribution in [3.8, 4) is 39.2 Å². The number of pyridine rings is 1. The molecule has 0 N–H and O–H groups in total. The summed E-state index contributed by atoms with van der Waals surface area (Å²) in [5.41, 5.74) is 14.4. The fourth-order valence-electron chi connectivity index (χ4n) is 9.83. The molecule has 0 saturated heterocycles. The summed E-state index contributed by atoms with van der Waals surface area (Å²) < 4.78 is 18.3. The quantitative estimate of drug-likeness (QED) is 0.170. The molecule has 3 aliphatic rings. The van der Waals surface area contributed by atoms with Crippen molar-refractivity contribution in [2.24, 2.45) is 0 Å². The van der Waals surface area contributed by atoms with Gasteiger partial charge in [-0.05, 0) is 87.0 Å². The van der Waals surface area contributed by atoms with Crippen molar-refractivity contribution in [1.29, 1.82) is 0 Å². The highest BCUT2D eigenvalue weighted by Gasteiger charge is 2.53. The van der Waals surface area contributed by atoms with Crippen LogP contribution in [-0.2, 0) is 9.98 Å². The Morgan fingerprint density at radius 3 is 2.15 bits per heavy atom. The number of fused-ring (bicyclic) bond motifs is 15. The van der Waals surface area contributed by atoms with Gasteiger partial charge in [0.15, 0.2) is 7.14 Å². The number of para-hydroxylation sites is 3. The van der Waals surface area contributed by atoms with Crippen LogP contribution in [0, 0.1) is 0 Å². The van der Waals surface area contributed by atoms with Crippen LogP contribution in [0.15, 0.2) is 176 Å². The predicted molar refractivity (Wildman–Crippen MR) is 213 cm³/mol. The second-order valence-corrected chi connectivity index (χ2v) is 16.9. The summed E-state index contributed by atoms with van der Waals surface area (Å²) in [6, 6.07) is 60.7. The molecule has 0 amide bonds. The van der Waals surface area contributed by atoms with Gasteiger partial charge in [-0.25, -0.2) is 0 Å². The fourth-order valence-corrected chi connectivity index (χ4v) is 12.9. The molecule has 2 atom stereocenters. The van der Waals surface area contributed by atoms with E-state index in [1.54, 1.807) is 0 Å². The molecule has 4 heterocycles. The number of nitrogens with zero attached hydrogens (tertiary/aromatic N) is 2. The Balaban J connectivity index is 1.27. The van der Waals surface area contributed by atoms with Gasteiger partial charge in [-0.15, -0.1) is 0 Å². The molecule has 242 valence electrons. The lowest BCUT2D eigenvalue weighted by atomic mass is 9.65. The van der Waals surface area contributed by atoms with Gasteiger partial charge in [-0.3, -0.25) is 4.98 Å². The Bertz CT molecular complexity index is 3050. The minimum absolute atomic E-state index is 0.640. The van der Waals surface area contributed by atoms with Crippen LogP contribution in [0.3, 0.4) is 0 Å². The lowest BCUT2D eigenvalue weighted by Crippen LogP contribution is -2.33. The first-order chi connectivity index (χ1) is 25.7. The van der Waals surface area contributed by atoms with E-state index in [-0.39, 0.29) is 0 Å².